The summed E-state index contributed by atoms with van der Waals surface area (Å²) in [5.41, 5.74) is 0.711. The van der Waals surface area contributed by atoms with Crippen molar-refractivity contribution < 1.29 is 41.4 Å². The molecule has 2 saturated heterocycles. The average molecular weight is 497 g/mol. The van der Waals surface area contributed by atoms with Crippen molar-refractivity contribution in [3.8, 4) is 0 Å². The van der Waals surface area contributed by atoms with Gasteiger partial charge in [-0.1, -0.05) is 29.8 Å². The summed E-state index contributed by atoms with van der Waals surface area (Å²) < 4.78 is 64.7. The van der Waals surface area contributed by atoms with Crippen molar-refractivity contribution >= 4 is 34.4 Å². The van der Waals surface area contributed by atoms with E-state index in [9.17, 15) is 26.7 Å². The first-order valence-electron chi connectivity index (χ1n) is 10.2. The second-order valence-electron chi connectivity index (χ2n) is 8.04. The number of para-hydroxylation sites is 1. The van der Waals surface area contributed by atoms with E-state index in [4.69, 9.17) is 26.2 Å². The Balaban J connectivity index is 0.000000383. The van der Waals surface area contributed by atoms with Crippen molar-refractivity contribution in [2.24, 2.45) is 0 Å². The number of hydrogen-bond acceptors (Lipinski definition) is 4. The maximum Gasteiger partial charge on any atom is 0.490 e. The van der Waals surface area contributed by atoms with Gasteiger partial charge in [-0.2, -0.15) is 13.2 Å². The van der Waals surface area contributed by atoms with Crippen molar-refractivity contribution in [1.29, 1.82) is 0 Å². The third kappa shape index (κ3) is 5.57. The molecule has 1 N–H and O–H groups in total. The first-order chi connectivity index (χ1) is 15.4. The van der Waals surface area contributed by atoms with Crippen LogP contribution in [-0.2, 0) is 16.1 Å². The van der Waals surface area contributed by atoms with Gasteiger partial charge in [0.1, 0.15) is 16.8 Å². The molecule has 1 aromatic heterocycles. The van der Waals surface area contributed by atoms with Crippen molar-refractivity contribution in [2.45, 2.75) is 63.0 Å². The molecule has 182 valence electrons. The Hall–Kier alpha value is -2.40. The fourth-order valence-corrected chi connectivity index (χ4v) is 4.79. The van der Waals surface area contributed by atoms with Crippen LogP contribution in [0.5, 0.6) is 0 Å². The van der Waals surface area contributed by atoms with Gasteiger partial charge in [0.05, 0.1) is 12.1 Å². The molecule has 2 aromatic rings. The number of rotatable bonds is 4. The largest absolute Gasteiger partial charge is 0.490 e. The Morgan fingerprint density at radius 2 is 1.73 bits per heavy atom. The first-order valence-corrected chi connectivity index (χ1v) is 10.6. The smallest absolute Gasteiger partial charge is 0.475 e. The highest BCUT2D eigenvalue weighted by Crippen LogP contribution is 2.37. The molecule has 2 aliphatic rings. The maximum absolute atomic E-state index is 12.9. The number of fused-ring (bicyclic) bond motifs is 3. The highest BCUT2D eigenvalue weighted by atomic mass is 35.5. The van der Waals surface area contributed by atoms with Crippen LogP contribution in [0.15, 0.2) is 24.3 Å². The fourth-order valence-electron chi connectivity index (χ4n) is 4.45. The van der Waals surface area contributed by atoms with E-state index in [0.29, 0.717) is 23.0 Å². The molecular weight excluding hydrogens is 475 g/mol. The average Bonchev–Trinajstić information content (AvgIpc) is 3.09. The summed E-state index contributed by atoms with van der Waals surface area (Å²) in [7, 11) is 2.12. The predicted octanol–water partition coefficient (Wildman–Crippen LogP) is 4.98. The van der Waals surface area contributed by atoms with Crippen molar-refractivity contribution in [1.82, 2.24) is 9.47 Å². The number of carboxylic acids is 1. The number of carbonyl (C=O) groups is 2. The minimum absolute atomic E-state index is 0.0207. The highest BCUT2D eigenvalue weighted by Gasteiger charge is 2.40. The maximum atomic E-state index is 12.9. The van der Waals surface area contributed by atoms with Gasteiger partial charge in [0.15, 0.2) is 0 Å². The third-order valence-corrected chi connectivity index (χ3v) is 6.40. The number of halogens is 6. The van der Waals surface area contributed by atoms with Crippen molar-refractivity contribution in [3.05, 3.63) is 35.0 Å². The standard InChI is InChI=1S/C19H21ClF2N2O2.C2HF3O2/c1-23-11-6-7-12(23)9-13(8-11)26-19(25)17-14-4-2-3-5-15(14)24(18(17)20)10-16(21)22;3-2(4,5)1(6)7/h2-5,11-13,16H,6-10H2,1H3;(H,6,7). The summed E-state index contributed by atoms with van der Waals surface area (Å²) in [6, 6.07) is 7.81. The van der Waals surface area contributed by atoms with E-state index in [1.165, 1.54) is 4.57 Å². The number of alkyl halides is 5. The summed E-state index contributed by atoms with van der Waals surface area (Å²) in [6.07, 6.45) is -3.91. The lowest BCUT2D eigenvalue weighted by Gasteiger charge is -2.35. The molecule has 0 saturated carbocycles. The highest BCUT2D eigenvalue weighted by molar-refractivity contribution is 6.35. The number of aliphatic carboxylic acids is 1. The Morgan fingerprint density at radius 3 is 2.24 bits per heavy atom. The first kappa shape index (κ1) is 25.2. The van der Waals surface area contributed by atoms with Crippen LogP contribution >= 0.6 is 11.6 Å². The Bertz CT molecular complexity index is 1010. The number of esters is 1. The molecule has 2 bridgehead atoms. The molecule has 0 radical (unpaired) electrons. The van der Waals surface area contributed by atoms with E-state index in [1.54, 1.807) is 24.3 Å². The zero-order valence-corrected chi connectivity index (χ0v) is 18.2. The molecule has 0 amide bonds. The lowest BCUT2D eigenvalue weighted by molar-refractivity contribution is -0.192. The second kappa shape index (κ2) is 9.84. The van der Waals surface area contributed by atoms with Gasteiger partial charge in [-0.05, 0) is 26.0 Å². The minimum Gasteiger partial charge on any atom is -0.475 e. The summed E-state index contributed by atoms with van der Waals surface area (Å²) in [4.78, 5) is 24.1. The molecule has 2 fully saturated rings. The number of hydrogen-bond donors (Lipinski definition) is 1. The third-order valence-electron chi connectivity index (χ3n) is 6.00. The van der Waals surface area contributed by atoms with E-state index < -0.39 is 31.1 Å². The van der Waals surface area contributed by atoms with Crippen LogP contribution in [0.2, 0.25) is 5.15 Å². The molecule has 4 rings (SSSR count). The summed E-state index contributed by atoms with van der Waals surface area (Å²) in [5, 5.41) is 7.70. The fraction of sp³-hybridized carbons (Fsp3) is 0.524. The zero-order chi connectivity index (χ0) is 24.5. The number of nitrogens with zero attached hydrogens (tertiary/aromatic N) is 2. The van der Waals surface area contributed by atoms with Crippen LogP contribution in [0.3, 0.4) is 0 Å². The summed E-state index contributed by atoms with van der Waals surface area (Å²) in [5.74, 6) is -3.28. The van der Waals surface area contributed by atoms with Crippen LogP contribution in [-0.4, -0.2) is 64.3 Å². The summed E-state index contributed by atoms with van der Waals surface area (Å²) in [6.45, 7) is -0.551. The minimum atomic E-state index is -5.08. The van der Waals surface area contributed by atoms with Gasteiger partial charge < -0.3 is 19.3 Å². The van der Waals surface area contributed by atoms with Crippen molar-refractivity contribution in [2.75, 3.05) is 7.05 Å². The SMILES string of the molecule is CN1C2CCC1CC(OC(=O)c1c(Cl)n(CC(F)F)c3ccccc13)C2.O=C(O)C(F)(F)F. The van der Waals surface area contributed by atoms with Gasteiger partial charge in [-0.15, -0.1) is 0 Å². The summed E-state index contributed by atoms with van der Waals surface area (Å²) >= 11 is 6.32. The van der Waals surface area contributed by atoms with Crippen LogP contribution in [0, 0.1) is 0 Å². The lowest BCUT2D eigenvalue weighted by Crippen LogP contribution is -2.43. The van der Waals surface area contributed by atoms with E-state index >= 15 is 0 Å². The quantitative estimate of drug-likeness (QED) is 0.478. The molecule has 2 aliphatic heterocycles. The number of aromatic nitrogens is 1. The molecule has 1 aromatic carbocycles. The topological polar surface area (TPSA) is 71.8 Å². The number of ether oxygens (including phenoxy) is 1. The molecule has 3 heterocycles. The lowest BCUT2D eigenvalue weighted by atomic mass is 10.0. The van der Waals surface area contributed by atoms with E-state index in [-0.39, 0.29) is 16.8 Å². The number of piperidine rings is 1. The van der Waals surface area contributed by atoms with E-state index in [0.717, 1.165) is 25.7 Å². The van der Waals surface area contributed by atoms with Crippen molar-refractivity contribution in [3.63, 3.8) is 0 Å². The number of carboxylic acid groups (broad SMARTS) is 1. The van der Waals surface area contributed by atoms with Gasteiger partial charge in [0.25, 0.3) is 6.43 Å². The Labute approximate surface area is 190 Å². The van der Waals surface area contributed by atoms with Crippen LogP contribution in [0.4, 0.5) is 22.0 Å². The molecule has 12 heteroatoms. The van der Waals surface area contributed by atoms with E-state index in [2.05, 4.69) is 11.9 Å². The monoisotopic (exact) mass is 496 g/mol. The van der Waals surface area contributed by atoms with Gasteiger partial charge in [-0.3, -0.25) is 0 Å². The number of benzene rings is 1. The predicted molar refractivity (Wildman–Crippen MR) is 110 cm³/mol. The second-order valence-corrected chi connectivity index (χ2v) is 8.39. The molecule has 2 atom stereocenters. The van der Waals surface area contributed by atoms with Gasteiger partial charge in [-0.25, -0.2) is 18.4 Å². The van der Waals surface area contributed by atoms with Gasteiger partial charge in [0.2, 0.25) is 0 Å². The molecular formula is C21H22ClF5N2O4. The number of carbonyl (C=O) groups excluding carboxylic acids is 1. The Kier molecular flexibility index (Phi) is 7.52. The van der Waals surface area contributed by atoms with Gasteiger partial charge >= 0.3 is 18.1 Å². The van der Waals surface area contributed by atoms with E-state index in [1.807, 2.05) is 0 Å². The normalized spacial score (nSPS) is 22.8. The Morgan fingerprint density at radius 1 is 1.18 bits per heavy atom. The van der Waals surface area contributed by atoms with Crippen LogP contribution < -0.4 is 0 Å². The molecule has 0 aliphatic carbocycles. The van der Waals surface area contributed by atoms with Crippen LogP contribution in [0.1, 0.15) is 36.0 Å². The van der Waals surface area contributed by atoms with Gasteiger partial charge in [0, 0.05) is 30.3 Å². The molecule has 2 unspecified atom stereocenters. The van der Waals surface area contributed by atoms with Crippen LogP contribution in [0.25, 0.3) is 10.9 Å². The zero-order valence-electron chi connectivity index (χ0n) is 17.5. The molecule has 33 heavy (non-hydrogen) atoms. The molecule has 0 spiro atoms. The molecule has 6 nitrogen and oxygen atoms in total.